The molecule has 23 heavy (non-hydrogen) atoms. The van der Waals surface area contributed by atoms with E-state index in [1.807, 2.05) is 12.1 Å². The fourth-order valence-corrected chi connectivity index (χ4v) is 2.85. The highest BCUT2D eigenvalue weighted by Crippen LogP contribution is 2.21. The lowest BCUT2D eigenvalue weighted by Crippen LogP contribution is -2.35. The van der Waals surface area contributed by atoms with Gasteiger partial charge in [0.2, 0.25) is 5.91 Å². The first kappa shape index (κ1) is 17.8. The molecule has 1 amide bonds. The van der Waals surface area contributed by atoms with E-state index < -0.39 is 5.97 Å². The van der Waals surface area contributed by atoms with Crippen molar-refractivity contribution in [2.45, 2.75) is 32.2 Å². The Morgan fingerprint density at radius 1 is 1.22 bits per heavy atom. The predicted octanol–water partition coefficient (Wildman–Crippen LogP) is 2.96. The van der Waals surface area contributed by atoms with Crippen LogP contribution in [-0.4, -0.2) is 41.6 Å². The molecule has 0 unspecified atom stereocenters. The summed E-state index contributed by atoms with van der Waals surface area (Å²) in [6, 6.07) is 7.09. The summed E-state index contributed by atoms with van der Waals surface area (Å²) in [6.07, 6.45) is 3.12. The normalized spacial score (nSPS) is 15.3. The van der Waals surface area contributed by atoms with Gasteiger partial charge in [-0.2, -0.15) is 0 Å². The van der Waals surface area contributed by atoms with E-state index in [2.05, 4.69) is 0 Å². The predicted molar refractivity (Wildman–Crippen MR) is 87.3 cm³/mol. The highest BCUT2D eigenvalue weighted by atomic mass is 35.5. The van der Waals surface area contributed by atoms with E-state index in [1.54, 1.807) is 12.1 Å². The molecule has 1 aromatic carbocycles. The van der Waals surface area contributed by atoms with Gasteiger partial charge >= 0.3 is 5.97 Å². The number of ether oxygens (including phenoxy) is 1. The van der Waals surface area contributed by atoms with Crippen LogP contribution in [0.25, 0.3) is 0 Å². The van der Waals surface area contributed by atoms with E-state index in [0.717, 1.165) is 38.0 Å². The molecule has 0 aromatic heterocycles. The van der Waals surface area contributed by atoms with Gasteiger partial charge in [-0.15, -0.1) is 0 Å². The van der Waals surface area contributed by atoms with Gasteiger partial charge in [-0.05, 0) is 42.9 Å². The van der Waals surface area contributed by atoms with Crippen LogP contribution in [0.1, 0.15) is 31.2 Å². The molecule has 1 heterocycles. The topological polar surface area (TPSA) is 66.8 Å². The van der Waals surface area contributed by atoms with Gasteiger partial charge in [0.25, 0.3) is 0 Å². The number of hydrogen-bond donors (Lipinski definition) is 1. The second-order valence-corrected chi connectivity index (χ2v) is 6.30. The minimum atomic E-state index is -1.00. The van der Waals surface area contributed by atoms with Gasteiger partial charge in [0.05, 0.1) is 0 Å². The molecule has 0 bridgehead atoms. The number of aliphatic carboxylic acids is 1. The molecule has 1 fully saturated rings. The molecule has 1 aromatic rings. The number of halogens is 1. The fourth-order valence-electron chi connectivity index (χ4n) is 2.73. The van der Waals surface area contributed by atoms with Crippen LogP contribution in [0.4, 0.5) is 0 Å². The van der Waals surface area contributed by atoms with Crippen LogP contribution in [0.2, 0.25) is 5.02 Å². The number of hydrogen-bond acceptors (Lipinski definition) is 3. The van der Waals surface area contributed by atoms with Crippen molar-refractivity contribution in [3.05, 3.63) is 34.9 Å². The lowest BCUT2D eigenvalue weighted by Gasteiger charge is -2.24. The number of nitrogens with zero attached hydrogens (tertiary/aromatic N) is 1. The number of rotatable bonds is 7. The second kappa shape index (κ2) is 8.89. The molecule has 0 saturated carbocycles. The van der Waals surface area contributed by atoms with Crippen LogP contribution < -0.4 is 0 Å². The summed E-state index contributed by atoms with van der Waals surface area (Å²) in [5, 5.41) is 9.66. The van der Waals surface area contributed by atoms with Gasteiger partial charge in [-0.25, -0.2) is 0 Å². The maximum atomic E-state index is 12.4. The quantitative estimate of drug-likeness (QED) is 0.829. The van der Waals surface area contributed by atoms with Gasteiger partial charge in [0.15, 0.2) is 0 Å². The molecule has 126 valence electrons. The van der Waals surface area contributed by atoms with Crippen LogP contribution in [0.5, 0.6) is 0 Å². The number of benzene rings is 1. The minimum Gasteiger partial charge on any atom is -0.480 e. The van der Waals surface area contributed by atoms with Crippen LogP contribution >= 0.6 is 11.6 Å². The zero-order chi connectivity index (χ0) is 16.7. The Morgan fingerprint density at radius 3 is 2.48 bits per heavy atom. The number of carboxylic acids is 1. The van der Waals surface area contributed by atoms with Crippen molar-refractivity contribution in [2.75, 3.05) is 19.8 Å². The van der Waals surface area contributed by atoms with Gasteiger partial charge < -0.3 is 14.7 Å². The van der Waals surface area contributed by atoms with Gasteiger partial charge in [-0.3, -0.25) is 9.59 Å². The number of carboxylic acid groups (broad SMARTS) is 1. The lowest BCUT2D eigenvalue weighted by atomic mass is 9.94. The Labute approximate surface area is 141 Å². The van der Waals surface area contributed by atoms with E-state index in [9.17, 15) is 9.59 Å². The molecule has 6 heteroatoms. The largest absolute Gasteiger partial charge is 0.480 e. The second-order valence-electron chi connectivity index (χ2n) is 5.86. The molecule has 0 atom stereocenters. The third-order valence-electron chi connectivity index (χ3n) is 4.07. The number of carbonyl (C=O) groups excluding carboxylic acids is 1. The van der Waals surface area contributed by atoms with Crippen molar-refractivity contribution < 1.29 is 19.4 Å². The standard InChI is InChI=1S/C17H22ClNO4/c18-15-4-1-14(2-5-15)11-19(12-17(21)22)16(20)6-3-13-7-9-23-10-8-13/h1-2,4-5,13H,3,6-12H2,(H,21,22). The van der Waals surface area contributed by atoms with Crippen molar-refractivity contribution in [3.63, 3.8) is 0 Å². The summed E-state index contributed by atoms with van der Waals surface area (Å²) in [7, 11) is 0. The summed E-state index contributed by atoms with van der Waals surface area (Å²) in [5.74, 6) is -0.623. The van der Waals surface area contributed by atoms with Crippen LogP contribution in [0.15, 0.2) is 24.3 Å². The first-order valence-electron chi connectivity index (χ1n) is 7.86. The number of carbonyl (C=O) groups is 2. The van der Waals surface area contributed by atoms with Crippen molar-refractivity contribution in [1.29, 1.82) is 0 Å². The molecule has 1 aliphatic heterocycles. The summed E-state index contributed by atoms with van der Waals surface area (Å²) >= 11 is 5.85. The zero-order valence-corrected chi connectivity index (χ0v) is 13.8. The Kier molecular flexibility index (Phi) is 6.86. The Balaban J connectivity index is 1.91. The molecular formula is C17H22ClNO4. The average molecular weight is 340 g/mol. The summed E-state index contributed by atoms with van der Waals surface area (Å²) in [6.45, 7) is 1.51. The molecule has 1 aliphatic rings. The molecule has 5 nitrogen and oxygen atoms in total. The molecule has 2 rings (SSSR count). The van der Waals surface area contributed by atoms with Crippen molar-refractivity contribution in [1.82, 2.24) is 4.90 Å². The van der Waals surface area contributed by atoms with Crippen LogP contribution in [-0.2, 0) is 20.9 Å². The van der Waals surface area contributed by atoms with E-state index in [1.165, 1.54) is 4.90 Å². The summed E-state index contributed by atoms with van der Waals surface area (Å²) in [4.78, 5) is 24.8. The molecule has 0 radical (unpaired) electrons. The molecule has 0 aliphatic carbocycles. The summed E-state index contributed by atoms with van der Waals surface area (Å²) < 4.78 is 5.31. The van der Waals surface area contributed by atoms with E-state index >= 15 is 0 Å². The van der Waals surface area contributed by atoms with Crippen LogP contribution in [0.3, 0.4) is 0 Å². The molecule has 1 saturated heterocycles. The first-order chi connectivity index (χ1) is 11.0. The Morgan fingerprint density at radius 2 is 1.87 bits per heavy atom. The molecular weight excluding hydrogens is 318 g/mol. The minimum absolute atomic E-state index is 0.117. The van der Waals surface area contributed by atoms with Crippen molar-refractivity contribution in [3.8, 4) is 0 Å². The number of amides is 1. The fraction of sp³-hybridized carbons (Fsp3) is 0.529. The van der Waals surface area contributed by atoms with Gasteiger partial charge in [0.1, 0.15) is 6.54 Å². The maximum Gasteiger partial charge on any atom is 0.323 e. The average Bonchev–Trinajstić information content (AvgIpc) is 2.54. The first-order valence-corrected chi connectivity index (χ1v) is 8.24. The lowest BCUT2D eigenvalue weighted by molar-refractivity contribution is -0.145. The maximum absolute atomic E-state index is 12.4. The van der Waals surface area contributed by atoms with Crippen molar-refractivity contribution in [2.24, 2.45) is 5.92 Å². The third-order valence-corrected chi connectivity index (χ3v) is 4.32. The SMILES string of the molecule is O=C(O)CN(Cc1ccc(Cl)cc1)C(=O)CCC1CCOCC1. The zero-order valence-electron chi connectivity index (χ0n) is 13.0. The highest BCUT2D eigenvalue weighted by Gasteiger charge is 2.20. The van der Waals surface area contributed by atoms with E-state index in [0.29, 0.717) is 17.4 Å². The Hall–Kier alpha value is -1.59. The highest BCUT2D eigenvalue weighted by molar-refractivity contribution is 6.30. The Bertz CT molecular complexity index is 526. The van der Waals surface area contributed by atoms with Crippen molar-refractivity contribution >= 4 is 23.5 Å². The van der Waals surface area contributed by atoms with E-state index in [4.69, 9.17) is 21.4 Å². The van der Waals surface area contributed by atoms with Crippen LogP contribution in [0, 0.1) is 5.92 Å². The summed E-state index contributed by atoms with van der Waals surface area (Å²) in [5.41, 5.74) is 0.870. The third kappa shape index (κ3) is 6.20. The van der Waals surface area contributed by atoms with Gasteiger partial charge in [0, 0.05) is 31.2 Å². The smallest absolute Gasteiger partial charge is 0.323 e. The van der Waals surface area contributed by atoms with E-state index in [-0.39, 0.29) is 19.0 Å². The van der Waals surface area contributed by atoms with Gasteiger partial charge in [-0.1, -0.05) is 23.7 Å². The molecule has 1 N–H and O–H groups in total. The monoisotopic (exact) mass is 339 g/mol. The molecule has 0 spiro atoms.